The molecule has 0 bridgehead atoms. The van der Waals surface area contributed by atoms with Crippen LogP contribution in [0.2, 0.25) is 10.0 Å². The number of amides is 3. The third kappa shape index (κ3) is 6.47. The van der Waals surface area contributed by atoms with Crippen molar-refractivity contribution in [2.24, 2.45) is 0 Å². The van der Waals surface area contributed by atoms with Crippen molar-refractivity contribution in [2.45, 2.75) is 6.54 Å². The molecular weight excluding hydrogens is 594 g/mol. The third-order valence-electron chi connectivity index (χ3n) is 4.96. The summed E-state index contributed by atoms with van der Waals surface area (Å²) >= 11 is 16.1. The van der Waals surface area contributed by atoms with Crippen LogP contribution in [-0.4, -0.2) is 28.6 Å². The molecule has 6 nitrogen and oxygen atoms in total. The van der Waals surface area contributed by atoms with Crippen LogP contribution in [0, 0.1) is 5.82 Å². The van der Waals surface area contributed by atoms with E-state index in [2.05, 4.69) is 21.2 Å². The SMILES string of the molecule is O=C(COc1ccc(/C=C2\SC(=O)N(Cc3ccc(F)cc3Cl)C2=O)cc1Br)Nc1ccc(Cl)cc1. The third-order valence-corrected chi connectivity index (χ3v) is 7.09. The highest BCUT2D eigenvalue weighted by atomic mass is 79.9. The lowest BCUT2D eigenvalue weighted by Gasteiger charge is -2.13. The Morgan fingerprint density at radius 2 is 1.83 bits per heavy atom. The summed E-state index contributed by atoms with van der Waals surface area (Å²) in [5, 5.41) is 2.96. The quantitative estimate of drug-likeness (QED) is 0.288. The van der Waals surface area contributed by atoms with Gasteiger partial charge in [0.05, 0.1) is 15.9 Å². The van der Waals surface area contributed by atoms with Crippen LogP contribution in [0.1, 0.15) is 11.1 Å². The minimum atomic E-state index is -0.502. The Labute approximate surface area is 228 Å². The standard InChI is InChI=1S/C25H16BrCl2FN2O4S/c26-19-9-14(1-8-21(19)35-13-23(32)30-18-6-3-16(27)4-7-18)10-22-24(33)31(25(34)36-22)12-15-2-5-17(29)11-20(15)28/h1-11H,12-13H2,(H,30,32)/b22-10-. The van der Waals surface area contributed by atoms with Crippen LogP contribution in [0.5, 0.6) is 5.75 Å². The second kappa shape index (κ2) is 11.5. The average Bonchev–Trinajstić information content (AvgIpc) is 3.09. The van der Waals surface area contributed by atoms with Crippen molar-refractivity contribution in [3.05, 3.63) is 97.0 Å². The number of halogens is 4. The molecule has 36 heavy (non-hydrogen) atoms. The Morgan fingerprint density at radius 3 is 2.53 bits per heavy atom. The predicted octanol–water partition coefficient (Wildman–Crippen LogP) is 7.15. The number of hydrogen-bond donors (Lipinski definition) is 1. The van der Waals surface area contributed by atoms with Crippen LogP contribution in [-0.2, 0) is 16.1 Å². The van der Waals surface area contributed by atoms with Crippen molar-refractivity contribution in [1.29, 1.82) is 0 Å². The Bertz CT molecular complexity index is 1380. The maximum atomic E-state index is 13.3. The van der Waals surface area contributed by atoms with Crippen LogP contribution in [0.25, 0.3) is 6.08 Å². The van der Waals surface area contributed by atoms with Crippen LogP contribution in [0.15, 0.2) is 70.0 Å². The highest BCUT2D eigenvalue weighted by Gasteiger charge is 2.35. The van der Waals surface area contributed by atoms with Crippen molar-refractivity contribution >= 4 is 79.7 Å². The molecule has 1 fully saturated rings. The number of nitrogens with zero attached hydrogens (tertiary/aromatic N) is 1. The Kier molecular flexibility index (Phi) is 8.35. The first kappa shape index (κ1) is 26.2. The number of benzene rings is 3. The molecule has 0 unspecified atom stereocenters. The first-order valence-corrected chi connectivity index (χ1v) is 12.7. The molecule has 11 heteroatoms. The van der Waals surface area contributed by atoms with E-state index in [1.807, 2.05) is 0 Å². The fraction of sp³-hybridized carbons (Fsp3) is 0.0800. The van der Waals surface area contributed by atoms with Crippen LogP contribution >= 0.6 is 50.9 Å². The molecule has 4 rings (SSSR count). The minimum Gasteiger partial charge on any atom is -0.483 e. The average molecular weight is 610 g/mol. The zero-order chi connectivity index (χ0) is 25.8. The first-order chi connectivity index (χ1) is 17.2. The zero-order valence-corrected chi connectivity index (χ0v) is 22.2. The number of rotatable bonds is 7. The van der Waals surface area contributed by atoms with Crippen molar-refractivity contribution in [2.75, 3.05) is 11.9 Å². The number of carbonyl (C=O) groups excluding carboxylic acids is 3. The maximum absolute atomic E-state index is 13.3. The van der Waals surface area contributed by atoms with Crippen molar-refractivity contribution in [1.82, 2.24) is 4.90 Å². The van der Waals surface area contributed by atoms with E-state index < -0.39 is 17.0 Å². The van der Waals surface area contributed by atoms with Gasteiger partial charge < -0.3 is 10.1 Å². The molecule has 1 N–H and O–H groups in total. The lowest BCUT2D eigenvalue weighted by atomic mass is 10.2. The van der Waals surface area contributed by atoms with Crippen molar-refractivity contribution in [3.63, 3.8) is 0 Å². The number of carbonyl (C=O) groups is 3. The molecule has 0 aliphatic carbocycles. The van der Waals surface area contributed by atoms with Gasteiger partial charge in [0.2, 0.25) is 0 Å². The van der Waals surface area contributed by atoms with Crippen molar-refractivity contribution < 1.29 is 23.5 Å². The van der Waals surface area contributed by atoms with Gasteiger partial charge in [-0.1, -0.05) is 35.3 Å². The summed E-state index contributed by atoms with van der Waals surface area (Å²) in [5.41, 5.74) is 1.70. The molecule has 1 heterocycles. The van der Waals surface area contributed by atoms with Crippen LogP contribution in [0.4, 0.5) is 14.9 Å². The summed E-state index contributed by atoms with van der Waals surface area (Å²) in [5.74, 6) is -0.889. The normalized spacial score (nSPS) is 14.4. The summed E-state index contributed by atoms with van der Waals surface area (Å²) < 4.78 is 19.4. The summed E-state index contributed by atoms with van der Waals surface area (Å²) in [4.78, 5) is 38.7. The molecule has 3 aromatic rings. The highest BCUT2D eigenvalue weighted by Crippen LogP contribution is 2.35. The summed E-state index contributed by atoms with van der Waals surface area (Å²) in [6.45, 7) is -0.277. The predicted molar refractivity (Wildman–Crippen MR) is 143 cm³/mol. The van der Waals surface area contributed by atoms with Crippen LogP contribution < -0.4 is 10.1 Å². The lowest BCUT2D eigenvalue weighted by Crippen LogP contribution is -2.27. The minimum absolute atomic E-state index is 0.0598. The number of nitrogens with one attached hydrogen (secondary N) is 1. The summed E-state index contributed by atoms with van der Waals surface area (Å²) in [7, 11) is 0. The summed E-state index contributed by atoms with van der Waals surface area (Å²) in [6.07, 6.45) is 1.58. The van der Waals surface area contributed by atoms with Gasteiger partial charge in [0.15, 0.2) is 6.61 Å². The molecule has 0 spiro atoms. The number of hydrogen-bond acceptors (Lipinski definition) is 5. The van der Waals surface area contributed by atoms with Gasteiger partial charge in [-0.25, -0.2) is 4.39 Å². The van der Waals surface area contributed by atoms with E-state index in [0.717, 1.165) is 22.7 Å². The van der Waals surface area contributed by atoms with Gasteiger partial charge in [-0.2, -0.15) is 0 Å². The lowest BCUT2D eigenvalue weighted by molar-refractivity contribution is -0.123. The molecule has 1 aliphatic heterocycles. The van der Waals surface area contributed by atoms with Gasteiger partial charge in [0, 0.05) is 15.7 Å². The van der Waals surface area contributed by atoms with E-state index in [-0.39, 0.29) is 29.0 Å². The zero-order valence-electron chi connectivity index (χ0n) is 18.3. The van der Waals surface area contributed by atoms with E-state index in [9.17, 15) is 18.8 Å². The molecule has 184 valence electrons. The second-order valence-electron chi connectivity index (χ2n) is 7.54. The molecule has 0 atom stereocenters. The Hall–Kier alpha value is -2.85. The van der Waals surface area contributed by atoms with E-state index in [1.165, 1.54) is 12.1 Å². The molecule has 3 amide bonds. The number of anilines is 1. The molecule has 0 saturated carbocycles. The van der Waals surface area contributed by atoms with E-state index in [4.69, 9.17) is 27.9 Å². The highest BCUT2D eigenvalue weighted by molar-refractivity contribution is 9.10. The van der Waals surface area contributed by atoms with E-state index in [0.29, 0.717) is 32.1 Å². The van der Waals surface area contributed by atoms with Gasteiger partial charge in [-0.05, 0) is 93.4 Å². The molecule has 1 aliphatic rings. The van der Waals surface area contributed by atoms with Crippen LogP contribution in [0.3, 0.4) is 0 Å². The van der Waals surface area contributed by atoms with E-state index >= 15 is 0 Å². The maximum Gasteiger partial charge on any atom is 0.293 e. The molecule has 3 aromatic carbocycles. The molecule has 1 saturated heterocycles. The topological polar surface area (TPSA) is 75.7 Å². The monoisotopic (exact) mass is 608 g/mol. The van der Waals surface area contributed by atoms with Gasteiger partial charge in [0.25, 0.3) is 17.1 Å². The smallest absolute Gasteiger partial charge is 0.293 e. The number of imide groups is 1. The molecule has 0 radical (unpaired) electrons. The summed E-state index contributed by atoms with van der Waals surface area (Å²) in [6, 6.07) is 15.5. The Balaban J connectivity index is 1.39. The first-order valence-electron chi connectivity index (χ1n) is 10.4. The molecule has 0 aromatic heterocycles. The fourth-order valence-corrected chi connectivity index (χ4v) is 4.91. The number of thioether (sulfide) groups is 1. The Morgan fingerprint density at radius 1 is 1.08 bits per heavy atom. The van der Waals surface area contributed by atoms with Gasteiger partial charge in [-0.3, -0.25) is 19.3 Å². The van der Waals surface area contributed by atoms with Crippen molar-refractivity contribution in [3.8, 4) is 5.75 Å². The second-order valence-corrected chi connectivity index (χ2v) is 10.2. The fourth-order valence-electron chi connectivity index (χ4n) is 3.21. The number of ether oxygens (including phenoxy) is 1. The largest absolute Gasteiger partial charge is 0.483 e. The van der Waals surface area contributed by atoms with Gasteiger partial charge >= 0.3 is 0 Å². The van der Waals surface area contributed by atoms with E-state index in [1.54, 1.807) is 48.5 Å². The molecular formula is C25H16BrCl2FN2O4S. The van der Waals surface area contributed by atoms with Gasteiger partial charge in [-0.15, -0.1) is 0 Å². The van der Waals surface area contributed by atoms with Gasteiger partial charge in [0.1, 0.15) is 11.6 Å².